The smallest absolute Gasteiger partial charge is 0.0345 e. The van der Waals surface area contributed by atoms with Crippen LogP contribution in [-0.4, -0.2) is 31.1 Å². The van der Waals surface area contributed by atoms with Crippen LogP contribution in [0, 0.1) is 11.8 Å². The number of fused-ring (bicyclic) bond motifs is 1. The van der Waals surface area contributed by atoms with Crippen LogP contribution in [0.2, 0.25) is 0 Å². The number of rotatable bonds is 3. The van der Waals surface area contributed by atoms with Gasteiger partial charge in [0.2, 0.25) is 0 Å². The van der Waals surface area contributed by atoms with Crippen molar-refractivity contribution in [3.8, 4) is 0 Å². The molecule has 0 spiro atoms. The van der Waals surface area contributed by atoms with Crippen molar-refractivity contribution in [1.29, 1.82) is 0 Å². The Morgan fingerprint density at radius 2 is 1.95 bits per heavy atom. The Bertz CT molecular complexity index is 423. The summed E-state index contributed by atoms with van der Waals surface area (Å²) in [5.41, 5.74) is 1.47. The van der Waals surface area contributed by atoms with Crippen molar-refractivity contribution in [1.82, 2.24) is 10.2 Å². The van der Waals surface area contributed by atoms with Gasteiger partial charge >= 0.3 is 0 Å². The molecule has 3 rings (SSSR count). The fourth-order valence-electron chi connectivity index (χ4n) is 3.74. The minimum absolute atomic E-state index is 0. The van der Waals surface area contributed by atoms with E-state index in [1.54, 1.807) is 0 Å². The molecule has 20 heavy (non-hydrogen) atoms. The van der Waals surface area contributed by atoms with E-state index in [1.807, 2.05) is 0 Å². The topological polar surface area (TPSA) is 15.3 Å². The molecule has 0 bridgehead atoms. The predicted molar refractivity (Wildman–Crippen MR) is 90.5 cm³/mol. The summed E-state index contributed by atoms with van der Waals surface area (Å²) in [6.07, 6.45) is 2.57. The van der Waals surface area contributed by atoms with Crippen LogP contribution in [0.3, 0.4) is 0 Å². The molecule has 1 N–H and O–H groups in total. The Balaban J connectivity index is 0.00000147. The number of piperidine rings is 1. The standard InChI is InChI=1S/C16H23BrN2.ClH/c1-2-16(12-3-5-15(17)6-4-12)19-8-7-13-9-18-10-14(13)11-19;/h3-6,13-14,16,18H,2,7-11H2,1H3;1H. The molecule has 112 valence electrons. The summed E-state index contributed by atoms with van der Waals surface area (Å²) in [6.45, 7) is 7.31. The van der Waals surface area contributed by atoms with Gasteiger partial charge in [-0.1, -0.05) is 35.0 Å². The van der Waals surface area contributed by atoms with Gasteiger partial charge in [-0.25, -0.2) is 0 Å². The molecular formula is C16H24BrClN2. The molecule has 3 atom stereocenters. The number of likely N-dealkylation sites (tertiary alicyclic amines) is 1. The molecule has 3 unspecified atom stereocenters. The maximum atomic E-state index is 3.56. The van der Waals surface area contributed by atoms with Gasteiger partial charge in [0.15, 0.2) is 0 Å². The Labute approximate surface area is 136 Å². The van der Waals surface area contributed by atoms with Crippen molar-refractivity contribution in [2.45, 2.75) is 25.8 Å². The molecule has 1 aromatic carbocycles. The lowest BCUT2D eigenvalue weighted by Gasteiger charge is -2.39. The average Bonchev–Trinajstić information content (AvgIpc) is 2.89. The molecule has 0 amide bonds. The maximum absolute atomic E-state index is 3.56. The summed E-state index contributed by atoms with van der Waals surface area (Å²) < 4.78 is 1.17. The fourth-order valence-corrected chi connectivity index (χ4v) is 4.00. The van der Waals surface area contributed by atoms with Crippen LogP contribution in [0.5, 0.6) is 0 Å². The van der Waals surface area contributed by atoms with E-state index < -0.39 is 0 Å². The first-order valence-corrected chi connectivity index (χ1v) is 8.27. The predicted octanol–water partition coefficient (Wildman–Crippen LogP) is 3.86. The van der Waals surface area contributed by atoms with Gasteiger partial charge in [0.05, 0.1) is 0 Å². The lowest BCUT2D eigenvalue weighted by atomic mass is 9.87. The number of nitrogens with one attached hydrogen (secondary N) is 1. The average molecular weight is 360 g/mol. The monoisotopic (exact) mass is 358 g/mol. The first-order chi connectivity index (χ1) is 9.28. The van der Waals surface area contributed by atoms with Crippen LogP contribution >= 0.6 is 28.3 Å². The minimum atomic E-state index is 0. The second kappa shape index (κ2) is 7.26. The number of benzene rings is 1. The van der Waals surface area contributed by atoms with E-state index in [1.165, 1.54) is 49.1 Å². The zero-order valence-corrected chi connectivity index (χ0v) is 14.4. The van der Waals surface area contributed by atoms with Crippen molar-refractivity contribution in [2.24, 2.45) is 11.8 Å². The Morgan fingerprint density at radius 3 is 2.65 bits per heavy atom. The second-order valence-electron chi connectivity index (χ2n) is 5.94. The quantitative estimate of drug-likeness (QED) is 0.881. The molecule has 2 fully saturated rings. The first-order valence-electron chi connectivity index (χ1n) is 7.48. The SMILES string of the molecule is CCC(c1ccc(Br)cc1)N1CCC2CNCC2C1.Cl. The lowest BCUT2D eigenvalue weighted by molar-refractivity contribution is 0.101. The number of halogens is 2. The van der Waals surface area contributed by atoms with Crippen molar-refractivity contribution in [2.75, 3.05) is 26.2 Å². The van der Waals surface area contributed by atoms with E-state index in [0.717, 1.165) is 11.8 Å². The minimum Gasteiger partial charge on any atom is -0.316 e. The summed E-state index contributed by atoms with van der Waals surface area (Å²) in [5.74, 6) is 1.80. The van der Waals surface area contributed by atoms with E-state index in [2.05, 4.69) is 57.3 Å². The second-order valence-corrected chi connectivity index (χ2v) is 6.85. The number of hydrogen-bond donors (Lipinski definition) is 1. The molecule has 0 radical (unpaired) electrons. The Morgan fingerprint density at radius 1 is 1.25 bits per heavy atom. The molecular weight excluding hydrogens is 336 g/mol. The van der Waals surface area contributed by atoms with Gasteiger partial charge < -0.3 is 5.32 Å². The van der Waals surface area contributed by atoms with E-state index in [0.29, 0.717) is 6.04 Å². The van der Waals surface area contributed by atoms with Crippen molar-refractivity contribution >= 4 is 28.3 Å². The highest BCUT2D eigenvalue weighted by molar-refractivity contribution is 9.10. The highest BCUT2D eigenvalue weighted by Crippen LogP contribution is 2.33. The third kappa shape index (κ3) is 3.38. The third-order valence-corrected chi connectivity index (χ3v) is 5.35. The van der Waals surface area contributed by atoms with Crippen LogP contribution in [0.1, 0.15) is 31.4 Å². The van der Waals surface area contributed by atoms with Crippen LogP contribution in [0.15, 0.2) is 28.7 Å². The zero-order valence-electron chi connectivity index (χ0n) is 12.0. The van der Waals surface area contributed by atoms with Gasteiger partial charge in [-0.2, -0.15) is 0 Å². The fraction of sp³-hybridized carbons (Fsp3) is 0.625. The molecule has 0 saturated carbocycles. The molecule has 0 aliphatic carbocycles. The van der Waals surface area contributed by atoms with Crippen molar-refractivity contribution < 1.29 is 0 Å². The first kappa shape index (κ1) is 16.3. The molecule has 2 heterocycles. The summed E-state index contributed by atoms with van der Waals surface area (Å²) in [4.78, 5) is 2.71. The molecule has 2 nitrogen and oxygen atoms in total. The number of nitrogens with zero attached hydrogens (tertiary/aromatic N) is 1. The Hall–Kier alpha value is -0.0900. The summed E-state index contributed by atoms with van der Waals surface area (Å²) in [6, 6.07) is 9.48. The van der Waals surface area contributed by atoms with Gasteiger partial charge in [0.25, 0.3) is 0 Å². The largest absolute Gasteiger partial charge is 0.316 e. The lowest BCUT2D eigenvalue weighted by Crippen LogP contribution is -2.41. The van der Waals surface area contributed by atoms with Crippen molar-refractivity contribution in [3.63, 3.8) is 0 Å². The number of hydrogen-bond acceptors (Lipinski definition) is 2. The maximum Gasteiger partial charge on any atom is 0.0345 e. The van der Waals surface area contributed by atoms with E-state index >= 15 is 0 Å². The van der Waals surface area contributed by atoms with Crippen LogP contribution in [-0.2, 0) is 0 Å². The Kier molecular flexibility index (Phi) is 5.91. The molecule has 4 heteroatoms. The van der Waals surface area contributed by atoms with Crippen LogP contribution in [0.25, 0.3) is 0 Å². The third-order valence-electron chi connectivity index (χ3n) is 4.82. The summed E-state index contributed by atoms with van der Waals surface area (Å²) in [7, 11) is 0. The van der Waals surface area contributed by atoms with Gasteiger partial charge in [0.1, 0.15) is 0 Å². The highest BCUT2D eigenvalue weighted by atomic mass is 79.9. The van der Waals surface area contributed by atoms with Gasteiger partial charge in [-0.05, 0) is 62.0 Å². The molecule has 2 aliphatic rings. The molecule has 2 aliphatic heterocycles. The van der Waals surface area contributed by atoms with E-state index in [9.17, 15) is 0 Å². The van der Waals surface area contributed by atoms with Gasteiger partial charge in [-0.3, -0.25) is 4.90 Å². The highest BCUT2D eigenvalue weighted by Gasteiger charge is 2.35. The van der Waals surface area contributed by atoms with Crippen LogP contribution < -0.4 is 5.32 Å². The van der Waals surface area contributed by atoms with Crippen LogP contribution in [0.4, 0.5) is 0 Å². The van der Waals surface area contributed by atoms with Gasteiger partial charge in [-0.15, -0.1) is 12.4 Å². The van der Waals surface area contributed by atoms with E-state index in [4.69, 9.17) is 0 Å². The zero-order chi connectivity index (χ0) is 13.2. The molecule has 1 aromatic rings. The van der Waals surface area contributed by atoms with Crippen molar-refractivity contribution in [3.05, 3.63) is 34.3 Å². The molecule has 0 aromatic heterocycles. The normalized spacial score (nSPS) is 27.7. The molecule has 2 saturated heterocycles. The van der Waals surface area contributed by atoms with E-state index in [-0.39, 0.29) is 12.4 Å². The summed E-state index contributed by atoms with van der Waals surface area (Å²) >= 11 is 3.53. The summed E-state index contributed by atoms with van der Waals surface area (Å²) in [5, 5.41) is 3.56. The van der Waals surface area contributed by atoms with Gasteiger partial charge in [0, 0.05) is 17.1 Å².